The Morgan fingerprint density at radius 2 is 1.93 bits per heavy atom. The molecule has 2 aromatic rings. The first kappa shape index (κ1) is 19.6. The van der Waals surface area contributed by atoms with Gasteiger partial charge in [-0.2, -0.15) is 4.31 Å². The Labute approximate surface area is 171 Å². The van der Waals surface area contributed by atoms with Gasteiger partial charge in [0.05, 0.1) is 17.4 Å². The molecule has 28 heavy (non-hydrogen) atoms. The highest BCUT2D eigenvalue weighted by atomic mass is 32.2. The molecule has 1 aromatic heterocycles. The molecule has 1 aromatic carbocycles. The predicted molar refractivity (Wildman–Crippen MR) is 111 cm³/mol. The summed E-state index contributed by atoms with van der Waals surface area (Å²) in [6, 6.07) is 11.3. The lowest BCUT2D eigenvalue weighted by atomic mass is 9.98. The van der Waals surface area contributed by atoms with E-state index in [-0.39, 0.29) is 18.4 Å². The van der Waals surface area contributed by atoms with Crippen molar-refractivity contribution in [1.29, 1.82) is 0 Å². The van der Waals surface area contributed by atoms with Crippen LogP contribution in [0, 0.1) is 12.8 Å². The fourth-order valence-electron chi connectivity index (χ4n) is 3.80. The molecule has 0 radical (unpaired) electrons. The summed E-state index contributed by atoms with van der Waals surface area (Å²) in [4.78, 5) is 16.7. The van der Waals surface area contributed by atoms with Gasteiger partial charge >= 0.3 is 0 Å². The number of benzene rings is 1. The van der Waals surface area contributed by atoms with E-state index < -0.39 is 10.0 Å². The second-order valence-corrected chi connectivity index (χ2v) is 10.8. The molecule has 0 unspecified atom stereocenters. The van der Waals surface area contributed by atoms with Gasteiger partial charge in [0.25, 0.3) is 0 Å². The first-order chi connectivity index (χ1) is 13.4. The van der Waals surface area contributed by atoms with Crippen molar-refractivity contribution in [3.05, 3.63) is 52.2 Å². The van der Waals surface area contributed by atoms with E-state index in [1.807, 2.05) is 35.4 Å². The molecule has 4 rings (SSSR count). The third kappa shape index (κ3) is 4.16. The van der Waals surface area contributed by atoms with Gasteiger partial charge in [0, 0.05) is 24.0 Å². The molecule has 2 aliphatic rings. The summed E-state index contributed by atoms with van der Waals surface area (Å²) >= 11 is 1.66. The van der Waals surface area contributed by atoms with Crippen molar-refractivity contribution < 1.29 is 13.2 Å². The second-order valence-electron chi connectivity index (χ2n) is 7.79. The number of carbonyl (C=O) groups excluding carboxylic acids is 1. The third-order valence-corrected chi connectivity index (χ3v) is 8.31. The zero-order chi connectivity index (χ0) is 19.7. The quantitative estimate of drug-likeness (QED) is 0.720. The van der Waals surface area contributed by atoms with Crippen LogP contribution < -0.4 is 0 Å². The number of sulfonamides is 1. The first-order valence-electron chi connectivity index (χ1n) is 9.85. The zero-order valence-electron chi connectivity index (χ0n) is 16.1. The van der Waals surface area contributed by atoms with Gasteiger partial charge in [-0.25, -0.2) is 8.42 Å². The molecule has 1 aliphatic carbocycles. The number of carbonyl (C=O) groups is 1. The number of amides is 1. The van der Waals surface area contributed by atoms with Crippen molar-refractivity contribution in [2.75, 3.05) is 13.1 Å². The van der Waals surface area contributed by atoms with Gasteiger partial charge in [0.15, 0.2) is 0 Å². The Bertz CT molecular complexity index is 919. The molecule has 0 spiro atoms. The Morgan fingerprint density at radius 1 is 1.18 bits per heavy atom. The van der Waals surface area contributed by atoms with Gasteiger partial charge in [0.1, 0.15) is 0 Å². The molecule has 5 nitrogen and oxygen atoms in total. The lowest BCUT2D eigenvalue weighted by Crippen LogP contribution is -2.47. The van der Waals surface area contributed by atoms with E-state index in [1.165, 1.54) is 9.18 Å². The minimum atomic E-state index is -3.56. The van der Waals surface area contributed by atoms with Crippen molar-refractivity contribution >= 4 is 27.3 Å². The number of hydrogen-bond donors (Lipinski definition) is 0. The van der Waals surface area contributed by atoms with Crippen LogP contribution in [0.2, 0.25) is 0 Å². The molecule has 1 amide bonds. The highest BCUT2D eigenvalue weighted by Gasteiger charge is 2.39. The first-order valence-corrected chi connectivity index (χ1v) is 12.2. The van der Waals surface area contributed by atoms with E-state index in [2.05, 4.69) is 6.07 Å². The molecule has 0 bridgehead atoms. The monoisotopic (exact) mass is 418 g/mol. The number of hydrogen-bond acceptors (Lipinski definition) is 4. The van der Waals surface area contributed by atoms with Crippen LogP contribution in [0.1, 0.15) is 36.1 Å². The molecule has 1 aliphatic heterocycles. The average Bonchev–Trinajstić information content (AvgIpc) is 3.41. The molecule has 7 heteroatoms. The normalized spacial score (nSPS) is 20.8. The van der Waals surface area contributed by atoms with Crippen molar-refractivity contribution in [1.82, 2.24) is 9.21 Å². The third-order valence-electron chi connectivity index (χ3n) is 5.57. The van der Waals surface area contributed by atoms with Crippen molar-refractivity contribution in [3.8, 4) is 0 Å². The molecular formula is C21H26N2O3S2. The number of thiophene rings is 1. The van der Waals surface area contributed by atoms with Gasteiger partial charge in [0.2, 0.25) is 15.9 Å². The van der Waals surface area contributed by atoms with Gasteiger partial charge < -0.3 is 4.90 Å². The Balaban J connectivity index is 1.49. The van der Waals surface area contributed by atoms with E-state index in [4.69, 9.17) is 0 Å². The lowest BCUT2D eigenvalue weighted by molar-refractivity contribution is -0.137. The molecule has 0 N–H and O–H groups in total. The van der Waals surface area contributed by atoms with Crippen molar-refractivity contribution in [2.45, 2.75) is 50.1 Å². The molecule has 150 valence electrons. The average molecular weight is 419 g/mol. The molecule has 1 saturated heterocycles. The van der Waals surface area contributed by atoms with Gasteiger partial charge in [-0.3, -0.25) is 4.79 Å². The number of rotatable bonds is 6. The number of piperidine rings is 1. The highest BCUT2D eigenvalue weighted by molar-refractivity contribution is 7.89. The standard InChI is InChI=1S/C21H26N2O3S2/c1-16-6-10-20(11-7-16)28(25,26)22-12-2-4-17(14-22)21(24)23(18-8-9-18)15-19-5-3-13-27-19/h3,5-7,10-11,13,17-18H,2,4,8-9,12,14-15H2,1H3/t17-/m1/s1. The highest BCUT2D eigenvalue weighted by Crippen LogP contribution is 2.33. The number of nitrogens with zero attached hydrogens (tertiary/aromatic N) is 2. The molecule has 2 fully saturated rings. The topological polar surface area (TPSA) is 57.7 Å². The fourth-order valence-corrected chi connectivity index (χ4v) is 6.03. The lowest BCUT2D eigenvalue weighted by Gasteiger charge is -2.34. The van der Waals surface area contributed by atoms with Crippen LogP contribution in [0.15, 0.2) is 46.7 Å². The minimum absolute atomic E-state index is 0.111. The van der Waals surface area contributed by atoms with Crippen molar-refractivity contribution in [3.63, 3.8) is 0 Å². The summed E-state index contributed by atoms with van der Waals surface area (Å²) in [5.41, 5.74) is 1.03. The molecular weight excluding hydrogens is 392 g/mol. The number of aryl methyl sites for hydroxylation is 1. The van der Waals surface area contributed by atoms with Crippen LogP contribution >= 0.6 is 11.3 Å². The minimum Gasteiger partial charge on any atom is -0.334 e. The summed E-state index contributed by atoms with van der Waals surface area (Å²) in [5, 5.41) is 2.03. The van der Waals surface area contributed by atoms with Crippen LogP contribution in [-0.2, 0) is 21.4 Å². The smallest absolute Gasteiger partial charge is 0.243 e. The Hall–Kier alpha value is -1.70. The Kier molecular flexibility index (Phi) is 5.58. The maximum Gasteiger partial charge on any atom is 0.243 e. The van der Waals surface area contributed by atoms with Crippen LogP contribution in [0.5, 0.6) is 0 Å². The van der Waals surface area contributed by atoms with E-state index in [0.29, 0.717) is 24.0 Å². The van der Waals surface area contributed by atoms with Crippen LogP contribution in [0.3, 0.4) is 0 Å². The summed E-state index contributed by atoms with van der Waals surface area (Å²) in [6.07, 6.45) is 3.58. The van der Waals surface area contributed by atoms with E-state index in [9.17, 15) is 13.2 Å². The van der Waals surface area contributed by atoms with Gasteiger partial charge in [-0.05, 0) is 56.2 Å². The van der Waals surface area contributed by atoms with Crippen LogP contribution in [-0.4, -0.2) is 42.7 Å². The van der Waals surface area contributed by atoms with Gasteiger partial charge in [-0.15, -0.1) is 11.3 Å². The largest absolute Gasteiger partial charge is 0.334 e. The second kappa shape index (κ2) is 7.97. The van der Waals surface area contributed by atoms with E-state index in [1.54, 1.807) is 23.5 Å². The van der Waals surface area contributed by atoms with E-state index in [0.717, 1.165) is 31.2 Å². The zero-order valence-corrected chi connectivity index (χ0v) is 17.7. The fraction of sp³-hybridized carbons (Fsp3) is 0.476. The summed E-state index contributed by atoms with van der Waals surface area (Å²) in [7, 11) is -3.56. The maximum absolute atomic E-state index is 13.3. The van der Waals surface area contributed by atoms with Crippen molar-refractivity contribution in [2.24, 2.45) is 5.92 Å². The van der Waals surface area contributed by atoms with E-state index >= 15 is 0 Å². The Morgan fingerprint density at radius 3 is 2.57 bits per heavy atom. The molecule has 2 heterocycles. The molecule has 1 atom stereocenters. The SMILES string of the molecule is Cc1ccc(S(=O)(=O)N2CCC[C@@H](C(=O)N(Cc3cccs3)C3CC3)C2)cc1. The summed E-state index contributed by atoms with van der Waals surface area (Å²) in [5.74, 6) is -0.144. The summed E-state index contributed by atoms with van der Waals surface area (Å²) < 4.78 is 27.6. The van der Waals surface area contributed by atoms with Crippen LogP contribution in [0.4, 0.5) is 0 Å². The summed E-state index contributed by atoms with van der Waals surface area (Å²) in [6.45, 7) is 3.34. The predicted octanol–water partition coefficient (Wildman–Crippen LogP) is 3.65. The maximum atomic E-state index is 13.3. The van der Waals surface area contributed by atoms with Crippen LogP contribution in [0.25, 0.3) is 0 Å². The molecule has 1 saturated carbocycles. The van der Waals surface area contributed by atoms with Gasteiger partial charge in [-0.1, -0.05) is 23.8 Å².